The molecule has 1 saturated heterocycles. The normalized spacial score (nSPS) is 23.4. The summed E-state index contributed by atoms with van der Waals surface area (Å²) in [4.78, 5) is 12.8. The maximum atomic E-state index is 11.0. The number of hydrogen-bond acceptors (Lipinski definition) is 5. The van der Waals surface area contributed by atoms with E-state index in [1.54, 1.807) is 6.07 Å². The van der Waals surface area contributed by atoms with Crippen molar-refractivity contribution in [2.75, 3.05) is 18.0 Å². The largest absolute Gasteiger partial charge is 0.481 e. The molecule has 1 fully saturated rings. The number of carboxylic acid groups (broad SMARTS) is 1. The molecule has 0 spiro atoms. The van der Waals surface area contributed by atoms with E-state index in [2.05, 4.69) is 10.2 Å². The molecule has 1 aliphatic rings. The molecule has 0 unspecified atom stereocenters. The van der Waals surface area contributed by atoms with Gasteiger partial charge in [-0.3, -0.25) is 4.79 Å². The van der Waals surface area contributed by atoms with Crippen LogP contribution in [0.1, 0.15) is 12.5 Å². The highest BCUT2D eigenvalue weighted by atomic mass is 16.4. The molecule has 1 aromatic rings. The molecule has 0 bridgehead atoms. The zero-order valence-electron chi connectivity index (χ0n) is 9.37. The van der Waals surface area contributed by atoms with Gasteiger partial charge in [0, 0.05) is 13.1 Å². The molecule has 2 atom stereocenters. The van der Waals surface area contributed by atoms with E-state index >= 15 is 0 Å². The molecular weight excluding hydrogens is 220 g/mol. The van der Waals surface area contributed by atoms with Gasteiger partial charge in [-0.05, 0) is 12.0 Å². The lowest BCUT2D eigenvalue weighted by molar-refractivity contribution is -0.142. The second kappa shape index (κ2) is 4.37. The minimum absolute atomic E-state index is 0.0426. The van der Waals surface area contributed by atoms with Crippen molar-refractivity contribution in [2.45, 2.75) is 6.92 Å². The summed E-state index contributed by atoms with van der Waals surface area (Å²) in [6, 6.07) is 3.62. The highest BCUT2D eigenvalue weighted by molar-refractivity contribution is 5.72. The Kier molecular flexibility index (Phi) is 2.91. The fraction of sp³-hybridized carbons (Fsp3) is 0.455. The van der Waals surface area contributed by atoms with Crippen molar-refractivity contribution in [1.29, 1.82) is 5.26 Å². The fourth-order valence-corrected chi connectivity index (χ4v) is 2.11. The van der Waals surface area contributed by atoms with Gasteiger partial charge in [0.1, 0.15) is 6.07 Å². The van der Waals surface area contributed by atoms with Gasteiger partial charge in [-0.15, -0.1) is 5.10 Å². The third kappa shape index (κ3) is 2.04. The first-order valence-electron chi connectivity index (χ1n) is 5.33. The van der Waals surface area contributed by atoms with Crippen LogP contribution in [0.25, 0.3) is 0 Å². The van der Waals surface area contributed by atoms with E-state index in [1.807, 2.05) is 17.9 Å². The first kappa shape index (κ1) is 11.3. The average Bonchev–Trinajstić information content (AvgIpc) is 2.71. The summed E-state index contributed by atoms with van der Waals surface area (Å²) in [7, 11) is 0. The van der Waals surface area contributed by atoms with Gasteiger partial charge in [0.05, 0.1) is 17.7 Å². The van der Waals surface area contributed by atoms with Gasteiger partial charge in [-0.2, -0.15) is 10.4 Å². The first-order chi connectivity index (χ1) is 8.13. The van der Waals surface area contributed by atoms with E-state index in [0.29, 0.717) is 24.5 Å². The smallest absolute Gasteiger partial charge is 0.308 e. The lowest BCUT2D eigenvalue weighted by Crippen LogP contribution is -2.24. The quantitative estimate of drug-likeness (QED) is 0.798. The molecule has 17 heavy (non-hydrogen) atoms. The van der Waals surface area contributed by atoms with Crippen molar-refractivity contribution in [2.24, 2.45) is 11.8 Å². The summed E-state index contributed by atoms with van der Waals surface area (Å²) in [6.45, 7) is 2.86. The lowest BCUT2D eigenvalue weighted by Gasteiger charge is -2.16. The van der Waals surface area contributed by atoms with Gasteiger partial charge >= 0.3 is 5.97 Å². The Labute approximate surface area is 98.5 Å². The van der Waals surface area contributed by atoms with Crippen molar-refractivity contribution < 1.29 is 9.90 Å². The van der Waals surface area contributed by atoms with Crippen LogP contribution in [0.3, 0.4) is 0 Å². The Balaban J connectivity index is 2.26. The number of anilines is 1. The number of aliphatic carboxylic acids is 1. The van der Waals surface area contributed by atoms with E-state index in [0.717, 1.165) is 0 Å². The number of nitrogens with zero attached hydrogens (tertiary/aromatic N) is 4. The molecule has 0 saturated carbocycles. The fourth-order valence-electron chi connectivity index (χ4n) is 2.11. The monoisotopic (exact) mass is 232 g/mol. The third-order valence-electron chi connectivity index (χ3n) is 3.05. The number of hydrogen-bond donors (Lipinski definition) is 1. The second-order valence-corrected chi connectivity index (χ2v) is 4.21. The summed E-state index contributed by atoms with van der Waals surface area (Å²) in [5.74, 6) is -0.697. The third-order valence-corrected chi connectivity index (χ3v) is 3.05. The number of nitriles is 1. The minimum Gasteiger partial charge on any atom is -0.481 e. The highest BCUT2D eigenvalue weighted by Gasteiger charge is 2.36. The molecular formula is C11H12N4O2. The van der Waals surface area contributed by atoms with Gasteiger partial charge in [0.15, 0.2) is 5.82 Å². The molecule has 1 aliphatic heterocycles. The minimum atomic E-state index is -0.803. The molecule has 88 valence electrons. The van der Waals surface area contributed by atoms with Crippen molar-refractivity contribution in [1.82, 2.24) is 10.2 Å². The molecule has 0 aromatic carbocycles. The van der Waals surface area contributed by atoms with E-state index in [4.69, 9.17) is 10.4 Å². The van der Waals surface area contributed by atoms with Crippen molar-refractivity contribution in [3.8, 4) is 6.07 Å². The predicted octanol–water partition coefficient (Wildman–Crippen LogP) is 0.505. The van der Waals surface area contributed by atoms with Crippen LogP contribution in [0.4, 0.5) is 5.82 Å². The van der Waals surface area contributed by atoms with Crippen molar-refractivity contribution >= 4 is 11.8 Å². The molecule has 1 N–H and O–H groups in total. The molecule has 2 rings (SSSR count). The van der Waals surface area contributed by atoms with E-state index in [-0.39, 0.29) is 5.92 Å². The van der Waals surface area contributed by atoms with Crippen molar-refractivity contribution in [3.05, 3.63) is 17.8 Å². The van der Waals surface area contributed by atoms with Crippen molar-refractivity contribution in [3.63, 3.8) is 0 Å². The van der Waals surface area contributed by atoms with Crippen LogP contribution in [-0.2, 0) is 4.79 Å². The van der Waals surface area contributed by atoms with Crippen LogP contribution in [0.15, 0.2) is 12.3 Å². The molecule has 2 heterocycles. The number of carbonyl (C=O) groups is 1. The summed E-state index contributed by atoms with van der Waals surface area (Å²) < 4.78 is 0. The van der Waals surface area contributed by atoms with Crippen LogP contribution in [0, 0.1) is 23.2 Å². The van der Waals surface area contributed by atoms with E-state index in [9.17, 15) is 4.79 Å². The van der Waals surface area contributed by atoms with Gasteiger partial charge in [0.25, 0.3) is 0 Å². The topological polar surface area (TPSA) is 90.1 Å². The number of aromatic nitrogens is 2. The Morgan fingerprint density at radius 1 is 1.65 bits per heavy atom. The standard InChI is InChI=1S/C11H12N4O2/c1-7-5-15(6-9(7)11(16)17)10-8(4-12)2-3-13-14-10/h2-3,7,9H,5-6H2,1H3,(H,16,17)/t7-,9-/m1/s1. The first-order valence-corrected chi connectivity index (χ1v) is 5.33. The molecule has 0 radical (unpaired) electrons. The van der Waals surface area contributed by atoms with Gasteiger partial charge < -0.3 is 10.0 Å². The van der Waals surface area contributed by atoms with Crippen LogP contribution in [-0.4, -0.2) is 34.4 Å². The van der Waals surface area contributed by atoms with Gasteiger partial charge in [0.2, 0.25) is 0 Å². The van der Waals surface area contributed by atoms with Crippen LogP contribution < -0.4 is 4.90 Å². The lowest BCUT2D eigenvalue weighted by atomic mass is 9.99. The van der Waals surface area contributed by atoms with Gasteiger partial charge in [-0.25, -0.2) is 0 Å². The molecule has 6 heteroatoms. The molecule has 0 aliphatic carbocycles. The van der Waals surface area contributed by atoms with Gasteiger partial charge in [-0.1, -0.05) is 6.92 Å². The Bertz CT molecular complexity index is 483. The summed E-state index contributed by atoms with van der Waals surface area (Å²) in [5.41, 5.74) is 0.429. The SMILES string of the molecule is C[C@@H]1CN(c2nnccc2C#N)C[C@H]1C(=O)O. The van der Waals surface area contributed by atoms with E-state index < -0.39 is 11.9 Å². The molecule has 1 aromatic heterocycles. The maximum Gasteiger partial charge on any atom is 0.308 e. The highest BCUT2D eigenvalue weighted by Crippen LogP contribution is 2.28. The Hall–Kier alpha value is -2.16. The summed E-state index contributed by atoms with van der Waals surface area (Å²) >= 11 is 0. The number of rotatable bonds is 2. The summed E-state index contributed by atoms with van der Waals surface area (Å²) in [6.07, 6.45) is 1.45. The molecule has 6 nitrogen and oxygen atoms in total. The predicted molar refractivity (Wildman–Crippen MR) is 59.2 cm³/mol. The maximum absolute atomic E-state index is 11.0. The summed E-state index contributed by atoms with van der Waals surface area (Å²) in [5, 5.41) is 25.7. The van der Waals surface area contributed by atoms with Crippen LogP contribution in [0.2, 0.25) is 0 Å². The van der Waals surface area contributed by atoms with E-state index in [1.165, 1.54) is 6.20 Å². The second-order valence-electron chi connectivity index (χ2n) is 4.21. The Morgan fingerprint density at radius 2 is 2.41 bits per heavy atom. The zero-order chi connectivity index (χ0) is 12.4. The zero-order valence-corrected chi connectivity index (χ0v) is 9.37. The van der Waals surface area contributed by atoms with Crippen LogP contribution in [0.5, 0.6) is 0 Å². The number of carboxylic acids is 1. The van der Waals surface area contributed by atoms with Crippen LogP contribution >= 0.6 is 0 Å². The Morgan fingerprint density at radius 3 is 3.00 bits per heavy atom. The molecule has 0 amide bonds. The average molecular weight is 232 g/mol.